The molecule has 9 heteroatoms. The Morgan fingerprint density at radius 2 is 1.86 bits per heavy atom. The van der Waals surface area contributed by atoms with E-state index in [4.69, 9.17) is 19.2 Å². The first-order chi connectivity index (χ1) is 17.9. The molecule has 2 aliphatic rings. The second kappa shape index (κ2) is 8.65. The number of anilines is 1. The van der Waals surface area contributed by atoms with Gasteiger partial charge in [-0.05, 0) is 18.6 Å². The predicted octanol–water partition coefficient (Wildman–Crippen LogP) is 5.45. The summed E-state index contributed by atoms with van der Waals surface area (Å²) in [7, 11) is 0. The van der Waals surface area contributed by atoms with Crippen molar-refractivity contribution < 1.29 is 9.26 Å². The summed E-state index contributed by atoms with van der Waals surface area (Å²) in [5.41, 5.74) is 4.91. The van der Waals surface area contributed by atoms with Gasteiger partial charge in [0.15, 0.2) is 4.96 Å². The molecule has 0 amide bonds. The van der Waals surface area contributed by atoms with E-state index in [2.05, 4.69) is 83.1 Å². The van der Waals surface area contributed by atoms with E-state index in [0.717, 1.165) is 75.6 Å². The molecule has 1 N–H and O–H groups in total. The second-order valence-corrected chi connectivity index (χ2v) is 12.0. The number of rotatable bonds is 6. The van der Waals surface area contributed by atoms with Crippen LogP contribution in [0, 0.1) is 0 Å². The van der Waals surface area contributed by atoms with Gasteiger partial charge in [0, 0.05) is 54.5 Å². The van der Waals surface area contributed by atoms with Crippen LogP contribution in [-0.2, 0) is 10.2 Å². The standard InChI is InChI=1S/C28H30N6O2S/c1-28(2,3)24-13-21(32-36-24)17-4-6-18(7-5-17)22-15-34-23-8-9-25(31-26(23)37-27(34)30-22)29-10-11-33-14-20-12-19(33)16-35-20/h4-9,13,15,19-20H,10-12,14,16H2,1-3H3,(H,29,31)/t19-,20-/m0/s1. The van der Waals surface area contributed by atoms with Gasteiger partial charge in [-0.2, -0.15) is 0 Å². The minimum Gasteiger partial charge on any atom is -0.375 e. The summed E-state index contributed by atoms with van der Waals surface area (Å²) in [4.78, 5) is 14.2. The van der Waals surface area contributed by atoms with Crippen LogP contribution in [0.3, 0.4) is 0 Å². The lowest BCUT2D eigenvalue weighted by molar-refractivity contribution is 0.0324. The fourth-order valence-corrected chi connectivity index (χ4v) is 6.26. The first kappa shape index (κ1) is 22.9. The number of hydrogen-bond acceptors (Lipinski definition) is 8. The van der Waals surface area contributed by atoms with E-state index in [-0.39, 0.29) is 5.41 Å². The molecule has 8 nitrogen and oxygen atoms in total. The van der Waals surface area contributed by atoms with Crippen LogP contribution in [0.1, 0.15) is 33.0 Å². The molecule has 0 saturated carbocycles. The molecule has 0 aliphatic carbocycles. The van der Waals surface area contributed by atoms with Gasteiger partial charge in [-0.3, -0.25) is 9.30 Å². The number of aromatic nitrogens is 4. The number of pyridine rings is 1. The average Bonchev–Trinajstić information content (AvgIpc) is 3.70. The van der Waals surface area contributed by atoms with Crippen molar-refractivity contribution in [2.75, 3.05) is 31.6 Å². The van der Waals surface area contributed by atoms with Crippen molar-refractivity contribution in [2.45, 2.75) is 44.8 Å². The third kappa shape index (κ3) is 4.21. The third-order valence-corrected chi connectivity index (χ3v) is 8.37. The van der Waals surface area contributed by atoms with E-state index < -0.39 is 0 Å². The highest BCUT2D eigenvalue weighted by Crippen LogP contribution is 2.32. The quantitative estimate of drug-likeness (QED) is 0.323. The Balaban J connectivity index is 1.06. The summed E-state index contributed by atoms with van der Waals surface area (Å²) in [5.74, 6) is 1.80. The molecule has 2 fully saturated rings. The summed E-state index contributed by atoms with van der Waals surface area (Å²) in [6.07, 6.45) is 3.72. The fraction of sp³-hybridized carbons (Fsp3) is 0.393. The van der Waals surface area contributed by atoms with Gasteiger partial charge in [0.25, 0.3) is 0 Å². The normalized spacial score (nSPS) is 20.0. The number of benzene rings is 1. The van der Waals surface area contributed by atoms with Gasteiger partial charge in [0.2, 0.25) is 0 Å². The predicted molar refractivity (Wildman–Crippen MR) is 146 cm³/mol. The van der Waals surface area contributed by atoms with E-state index in [1.165, 1.54) is 6.42 Å². The van der Waals surface area contributed by atoms with E-state index >= 15 is 0 Å². The Labute approximate surface area is 219 Å². The number of morpholine rings is 1. The molecule has 0 radical (unpaired) electrons. The van der Waals surface area contributed by atoms with Crippen LogP contribution in [0.15, 0.2) is 53.2 Å². The van der Waals surface area contributed by atoms with Gasteiger partial charge in [-0.25, -0.2) is 9.97 Å². The van der Waals surface area contributed by atoms with Crippen LogP contribution >= 0.6 is 11.3 Å². The van der Waals surface area contributed by atoms with Gasteiger partial charge in [-0.1, -0.05) is 61.5 Å². The molecule has 2 saturated heterocycles. The second-order valence-electron chi connectivity index (χ2n) is 11.1. The summed E-state index contributed by atoms with van der Waals surface area (Å²) in [5, 5.41) is 7.75. The number of ether oxygens (including phenoxy) is 1. The van der Waals surface area contributed by atoms with Gasteiger partial charge in [0.1, 0.15) is 22.1 Å². The number of hydrogen-bond donors (Lipinski definition) is 1. The molecule has 2 bridgehead atoms. The van der Waals surface area contributed by atoms with Gasteiger partial charge >= 0.3 is 0 Å². The number of nitrogens with one attached hydrogen (secondary N) is 1. The highest BCUT2D eigenvalue weighted by molar-refractivity contribution is 7.23. The van der Waals surface area contributed by atoms with Crippen molar-refractivity contribution in [3.05, 3.63) is 54.4 Å². The van der Waals surface area contributed by atoms with Crippen LogP contribution in [0.2, 0.25) is 0 Å². The molecule has 7 rings (SSSR count). The SMILES string of the molecule is CC(C)(C)c1cc(-c2ccc(-c3cn4c(n3)sc3nc(NCCN5C[C@@H]6C[C@H]5CO6)ccc34)cc2)no1. The number of imidazole rings is 1. The minimum absolute atomic E-state index is 0.0645. The fourth-order valence-electron chi connectivity index (χ4n) is 5.28. The Hall–Kier alpha value is -3.27. The smallest absolute Gasteiger partial charge is 0.196 e. The Kier molecular flexibility index (Phi) is 5.35. The molecule has 0 spiro atoms. The van der Waals surface area contributed by atoms with Crippen molar-refractivity contribution in [2.24, 2.45) is 0 Å². The van der Waals surface area contributed by atoms with Crippen molar-refractivity contribution in [1.29, 1.82) is 0 Å². The summed E-state index contributed by atoms with van der Waals surface area (Å²) in [6, 6.07) is 15.1. The van der Waals surface area contributed by atoms with Crippen molar-refractivity contribution in [1.82, 2.24) is 24.4 Å². The van der Waals surface area contributed by atoms with Crippen LogP contribution in [0.25, 0.3) is 37.8 Å². The summed E-state index contributed by atoms with van der Waals surface area (Å²) >= 11 is 1.62. The molecular formula is C28H30N6O2S. The van der Waals surface area contributed by atoms with E-state index in [0.29, 0.717) is 12.1 Å². The maximum Gasteiger partial charge on any atom is 0.196 e. The van der Waals surface area contributed by atoms with Crippen molar-refractivity contribution in [3.8, 4) is 22.5 Å². The summed E-state index contributed by atoms with van der Waals surface area (Å²) in [6.45, 7) is 10.2. The van der Waals surface area contributed by atoms with Crippen LogP contribution in [-0.4, -0.2) is 62.8 Å². The van der Waals surface area contributed by atoms with Crippen LogP contribution in [0.4, 0.5) is 5.82 Å². The molecule has 2 aliphatic heterocycles. The molecule has 37 heavy (non-hydrogen) atoms. The Morgan fingerprint density at radius 3 is 2.57 bits per heavy atom. The van der Waals surface area contributed by atoms with Crippen LogP contribution < -0.4 is 5.32 Å². The summed E-state index contributed by atoms with van der Waals surface area (Å²) < 4.78 is 13.4. The number of thiazole rings is 1. The largest absolute Gasteiger partial charge is 0.375 e. The third-order valence-electron chi connectivity index (χ3n) is 7.41. The zero-order valence-corrected chi connectivity index (χ0v) is 22.1. The molecule has 5 aromatic rings. The lowest BCUT2D eigenvalue weighted by Crippen LogP contribution is -2.39. The molecule has 6 heterocycles. The zero-order chi connectivity index (χ0) is 25.1. The molecule has 4 aromatic heterocycles. The zero-order valence-electron chi connectivity index (χ0n) is 21.3. The highest BCUT2D eigenvalue weighted by atomic mass is 32.1. The first-order valence-electron chi connectivity index (χ1n) is 12.9. The monoisotopic (exact) mass is 514 g/mol. The lowest BCUT2D eigenvalue weighted by Gasteiger charge is -2.26. The maximum atomic E-state index is 5.70. The molecule has 2 atom stereocenters. The van der Waals surface area contributed by atoms with Gasteiger partial charge in [-0.15, -0.1) is 0 Å². The Bertz CT molecular complexity index is 1580. The van der Waals surface area contributed by atoms with E-state index in [1.54, 1.807) is 11.3 Å². The van der Waals surface area contributed by atoms with Crippen molar-refractivity contribution >= 4 is 32.5 Å². The van der Waals surface area contributed by atoms with Gasteiger partial charge < -0.3 is 14.6 Å². The lowest BCUT2D eigenvalue weighted by atomic mass is 9.93. The van der Waals surface area contributed by atoms with Crippen molar-refractivity contribution in [3.63, 3.8) is 0 Å². The Morgan fingerprint density at radius 1 is 1.05 bits per heavy atom. The number of nitrogens with zero attached hydrogens (tertiary/aromatic N) is 5. The molecule has 0 unspecified atom stereocenters. The molecule has 190 valence electrons. The van der Waals surface area contributed by atoms with E-state index in [9.17, 15) is 0 Å². The molecule has 1 aromatic carbocycles. The topological polar surface area (TPSA) is 80.7 Å². The highest BCUT2D eigenvalue weighted by Gasteiger charge is 2.38. The number of fused-ring (bicyclic) bond motifs is 5. The maximum absolute atomic E-state index is 5.70. The molecular weight excluding hydrogens is 484 g/mol. The van der Waals surface area contributed by atoms with Crippen LogP contribution in [0.5, 0.6) is 0 Å². The minimum atomic E-state index is -0.0645. The van der Waals surface area contributed by atoms with Gasteiger partial charge in [0.05, 0.1) is 23.9 Å². The first-order valence-corrected chi connectivity index (χ1v) is 13.7. The average molecular weight is 515 g/mol. The number of likely N-dealkylation sites (tertiary alicyclic amines) is 1. The van der Waals surface area contributed by atoms with E-state index in [1.807, 2.05) is 6.07 Å².